The SMILES string of the molecule is CC(=O)Nc1cccc(-c2nccnc2[C@H]2CCCN(C(=O)CN3CCOCC3)C2)c1. The largest absolute Gasteiger partial charge is 0.379 e. The lowest BCUT2D eigenvalue weighted by atomic mass is 9.91. The molecule has 1 N–H and O–H groups in total. The highest BCUT2D eigenvalue weighted by molar-refractivity contribution is 5.89. The molecule has 2 amide bonds. The molecule has 4 rings (SSSR count). The van der Waals surface area contributed by atoms with E-state index in [0.29, 0.717) is 26.3 Å². The highest BCUT2D eigenvalue weighted by atomic mass is 16.5. The van der Waals surface area contributed by atoms with Crippen LogP contribution >= 0.6 is 0 Å². The van der Waals surface area contributed by atoms with E-state index in [1.165, 1.54) is 6.92 Å². The molecule has 1 aromatic carbocycles. The quantitative estimate of drug-likeness (QED) is 0.793. The van der Waals surface area contributed by atoms with Crippen LogP contribution in [0.3, 0.4) is 0 Å². The van der Waals surface area contributed by atoms with Gasteiger partial charge in [0.05, 0.1) is 31.1 Å². The Kier molecular flexibility index (Phi) is 6.89. The molecule has 1 aromatic heterocycles. The highest BCUT2D eigenvalue weighted by Gasteiger charge is 2.29. The zero-order valence-corrected chi connectivity index (χ0v) is 17.9. The number of benzene rings is 1. The fourth-order valence-electron chi connectivity index (χ4n) is 4.29. The fraction of sp³-hybridized carbons (Fsp3) is 0.478. The Labute approximate surface area is 182 Å². The van der Waals surface area contributed by atoms with Crippen LogP contribution in [-0.2, 0) is 14.3 Å². The van der Waals surface area contributed by atoms with E-state index >= 15 is 0 Å². The molecule has 164 valence electrons. The molecule has 0 aliphatic carbocycles. The van der Waals surface area contributed by atoms with Crippen molar-refractivity contribution in [2.45, 2.75) is 25.7 Å². The second kappa shape index (κ2) is 9.98. The van der Waals surface area contributed by atoms with Crippen LogP contribution in [0, 0.1) is 0 Å². The molecule has 2 aliphatic rings. The number of amides is 2. The normalized spacial score (nSPS) is 19.8. The minimum absolute atomic E-state index is 0.113. The van der Waals surface area contributed by atoms with E-state index in [1.807, 2.05) is 29.2 Å². The first-order chi connectivity index (χ1) is 15.1. The maximum Gasteiger partial charge on any atom is 0.236 e. The molecule has 0 radical (unpaired) electrons. The Morgan fingerprint density at radius 3 is 2.77 bits per heavy atom. The van der Waals surface area contributed by atoms with Crippen molar-refractivity contribution in [3.8, 4) is 11.3 Å². The van der Waals surface area contributed by atoms with Crippen molar-refractivity contribution in [2.75, 3.05) is 51.3 Å². The molecule has 8 heteroatoms. The molecule has 8 nitrogen and oxygen atoms in total. The average Bonchev–Trinajstić information content (AvgIpc) is 2.79. The van der Waals surface area contributed by atoms with Gasteiger partial charge in [-0.1, -0.05) is 12.1 Å². The number of nitrogens with zero attached hydrogens (tertiary/aromatic N) is 4. The first-order valence-electron chi connectivity index (χ1n) is 10.9. The Morgan fingerprint density at radius 1 is 1.16 bits per heavy atom. The van der Waals surface area contributed by atoms with Crippen LogP contribution in [0.5, 0.6) is 0 Å². The van der Waals surface area contributed by atoms with Gasteiger partial charge in [-0.3, -0.25) is 24.5 Å². The Morgan fingerprint density at radius 2 is 1.97 bits per heavy atom. The molecule has 2 aliphatic heterocycles. The molecule has 0 unspecified atom stereocenters. The smallest absolute Gasteiger partial charge is 0.236 e. The second-order valence-electron chi connectivity index (χ2n) is 8.12. The number of nitrogens with one attached hydrogen (secondary N) is 1. The maximum absolute atomic E-state index is 12.9. The molecule has 0 spiro atoms. The number of carbonyl (C=O) groups is 2. The van der Waals surface area contributed by atoms with Crippen LogP contribution in [0.2, 0.25) is 0 Å². The van der Waals surface area contributed by atoms with Crippen molar-refractivity contribution in [1.29, 1.82) is 0 Å². The topological polar surface area (TPSA) is 87.7 Å². The van der Waals surface area contributed by atoms with Crippen molar-refractivity contribution in [3.63, 3.8) is 0 Å². The summed E-state index contributed by atoms with van der Waals surface area (Å²) in [5.41, 5.74) is 3.35. The lowest BCUT2D eigenvalue weighted by Gasteiger charge is -2.35. The molecule has 1 atom stereocenters. The lowest BCUT2D eigenvalue weighted by molar-refractivity contribution is -0.134. The van der Waals surface area contributed by atoms with Gasteiger partial charge in [-0.2, -0.15) is 0 Å². The van der Waals surface area contributed by atoms with Crippen molar-refractivity contribution in [1.82, 2.24) is 19.8 Å². The number of likely N-dealkylation sites (tertiary alicyclic amines) is 1. The molecule has 3 heterocycles. The van der Waals surface area contributed by atoms with E-state index in [9.17, 15) is 9.59 Å². The molecule has 31 heavy (non-hydrogen) atoms. The lowest BCUT2D eigenvalue weighted by Crippen LogP contribution is -2.47. The van der Waals surface area contributed by atoms with Crippen LogP contribution in [0.4, 0.5) is 5.69 Å². The predicted molar refractivity (Wildman–Crippen MR) is 118 cm³/mol. The van der Waals surface area contributed by atoms with Crippen molar-refractivity contribution < 1.29 is 14.3 Å². The predicted octanol–water partition coefficient (Wildman–Crippen LogP) is 2.14. The highest BCUT2D eigenvalue weighted by Crippen LogP contribution is 2.32. The van der Waals surface area contributed by atoms with E-state index in [1.54, 1.807) is 12.4 Å². The van der Waals surface area contributed by atoms with Gasteiger partial charge < -0.3 is 15.0 Å². The van der Waals surface area contributed by atoms with Gasteiger partial charge in [0, 0.05) is 62.7 Å². The minimum Gasteiger partial charge on any atom is -0.379 e. The standard InChI is InChI=1S/C23H29N5O3/c1-17(29)26-20-6-2-4-18(14-20)22-23(25-8-7-24-22)19-5-3-9-28(15-19)21(30)16-27-10-12-31-13-11-27/h2,4,6-8,14,19H,3,5,9-13,15-16H2,1H3,(H,26,29)/t19-/m0/s1. The zero-order chi connectivity index (χ0) is 21.6. The van der Waals surface area contributed by atoms with Crippen LogP contribution in [0.15, 0.2) is 36.7 Å². The number of hydrogen-bond donors (Lipinski definition) is 1. The number of piperidine rings is 1. The molecule has 0 bridgehead atoms. The van der Waals surface area contributed by atoms with E-state index in [-0.39, 0.29) is 17.7 Å². The summed E-state index contributed by atoms with van der Waals surface area (Å²) >= 11 is 0. The van der Waals surface area contributed by atoms with E-state index in [0.717, 1.165) is 55.1 Å². The third-order valence-corrected chi connectivity index (χ3v) is 5.81. The summed E-state index contributed by atoms with van der Waals surface area (Å²) in [6, 6.07) is 7.65. The van der Waals surface area contributed by atoms with Crippen LogP contribution < -0.4 is 5.32 Å². The summed E-state index contributed by atoms with van der Waals surface area (Å²) in [7, 11) is 0. The Balaban J connectivity index is 1.51. The molecule has 2 fully saturated rings. The summed E-state index contributed by atoms with van der Waals surface area (Å²) in [6.45, 7) is 6.37. The third kappa shape index (κ3) is 5.45. The van der Waals surface area contributed by atoms with Gasteiger partial charge in [0.2, 0.25) is 11.8 Å². The average molecular weight is 424 g/mol. The van der Waals surface area contributed by atoms with Gasteiger partial charge in [0.15, 0.2) is 0 Å². The minimum atomic E-state index is -0.113. The third-order valence-electron chi connectivity index (χ3n) is 5.81. The van der Waals surface area contributed by atoms with Gasteiger partial charge in [-0.25, -0.2) is 0 Å². The summed E-state index contributed by atoms with van der Waals surface area (Å²) in [4.78, 5) is 37.7. The number of aromatic nitrogens is 2. The Hall–Kier alpha value is -2.84. The zero-order valence-electron chi connectivity index (χ0n) is 17.9. The number of ether oxygens (including phenoxy) is 1. The van der Waals surface area contributed by atoms with Crippen LogP contribution in [0.25, 0.3) is 11.3 Å². The number of hydrogen-bond acceptors (Lipinski definition) is 6. The van der Waals surface area contributed by atoms with Gasteiger partial charge in [-0.15, -0.1) is 0 Å². The van der Waals surface area contributed by atoms with Gasteiger partial charge in [0.1, 0.15) is 0 Å². The molecule has 0 saturated carbocycles. The second-order valence-corrected chi connectivity index (χ2v) is 8.12. The monoisotopic (exact) mass is 423 g/mol. The number of carbonyl (C=O) groups excluding carboxylic acids is 2. The van der Waals surface area contributed by atoms with Gasteiger partial charge >= 0.3 is 0 Å². The molecular weight excluding hydrogens is 394 g/mol. The van der Waals surface area contributed by atoms with E-state index in [2.05, 4.69) is 20.2 Å². The molecule has 2 aromatic rings. The number of morpholine rings is 1. The molecular formula is C23H29N5O3. The summed E-state index contributed by atoms with van der Waals surface area (Å²) < 4.78 is 5.38. The fourth-order valence-corrected chi connectivity index (χ4v) is 4.29. The summed E-state index contributed by atoms with van der Waals surface area (Å²) in [5.74, 6) is 0.193. The Bertz CT molecular complexity index is 929. The number of rotatable bonds is 5. The summed E-state index contributed by atoms with van der Waals surface area (Å²) in [6.07, 6.45) is 5.32. The van der Waals surface area contributed by atoms with Crippen LogP contribution in [-0.4, -0.2) is 77.5 Å². The van der Waals surface area contributed by atoms with E-state index < -0.39 is 0 Å². The van der Waals surface area contributed by atoms with Crippen LogP contribution in [0.1, 0.15) is 31.4 Å². The first kappa shape index (κ1) is 21.4. The van der Waals surface area contributed by atoms with Crippen molar-refractivity contribution in [2.24, 2.45) is 0 Å². The molecule has 2 saturated heterocycles. The van der Waals surface area contributed by atoms with Gasteiger partial charge in [0.25, 0.3) is 0 Å². The number of anilines is 1. The maximum atomic E-state index is 12.9. The van der Waals surface area contributed by atoms with Crippen molar-refractivity contribution >= 4 is 17.5 Å². The van der Waals surface area contributed by atoms with Crippen molar-refractivity contribution in [3.05, 3.63) is 42.4 Å². The van der Waals surface area contributed by atoms with E-state index in [4.69, 9.17) is 4.74 Å². The van der Waals surface area contributed by atoms with Gasteiger partial charge in [-0.05, 0) is 25.0 Å². The first-order valence-corrected chi connectivity index (χ1v) is 10.9. The summed E-state index contributed by atoms with van der Waals surface area (Å²) in [5, 5.41) is 2.82.